The summed E-state index contributed by atoms with van der Waals surface area (Å²) in [7, 11) is 0. The maximum absolute atomic E-state index is 12.7. The summed E-state index contributed by atoms with van der Waals surface area (Å²) in [5, 5.41) is 6.08. The minimum absolute atomic E-state index is 0.0313. The first-order valence-corrected chi connectivity index (χ1v) is 8.76. The first kappa shape index (κ1) is 19.0. The topological polar surface area (TPSA) is 58.2 Å². The second-order valence-electron chi connectivity index (χ2n) is 6.18. The van der Waals surface area contributed by atoms with E-state index >= 15 is 0 Å². The molecule has 2 rings (SSSR count). The minimum atomic E-state index is -0.273. The maximum atomic E-state index is 12.7. The van der Waals surface area contributed by atoms with E-state index in [1.54, 1.807) is 18.2 Å². The van der Waals surface area contributed by atoms with Crippen molar-refractivity contribution in [3.05, 3.63) is 64.7 Å². The van der Waals surface area contributed by atoms with Crippen LogP contribution in [0.15, 0.2) is 48.5 Å². The summed E-state index contributed by atoms with van der Waals surface area (Å²) >= 11 is 6.20. The molecular formula is C20H23ClN2O2. The third-order valence-electron chi connectivity index (χ3n) is 3.83. The number of carbonyl (C=O) groups excluding carboxylic acids is 2. The number of anilines is 1. The average molecular weight is 359 g/mol. The van der Waals surface area contributed by atoms with Gasteiger partial charge in [0.2, 0.25) is 5.91 Å². The highest BCUT2D eigenvalue weighted by Gasteiger charge is 2.20. The predicted molar refractivity (Wildman–Crippen MR) is 102 cm³/mol. The molecule has 0 radical (unpaired) electrons. The second kappa shape index (κ2) is 8.67. The van der Waals surface area contributed by atoms with Crippen molar-refractivity contribution in [2.45, 2.75) is 39.2 Å². The minimum Gasteiger partial charge on any atom is -0.350 e. The highest BCUT2D eigenvalue weighted by molar-refractivity contribution is 6.34. The van der Waals surface area contributed by atoms with Gasteiger partial charge < -0.3 is 10.6 Å². The van der Waals surface area contributed by atoms with Crippen LogP contribution in [-0.2, 0) is 4.79 Å². The number of benzene rings is 2. The van der Waals surface area contributed by atoms with Gasteiger partial charge in [-0.2, -0.15) is 0 Å². The van der Waals surface area contributed by atoms with E-state index in [1.807, 2.05) is 51.1 Å². The lowest BCUT2D eigenvalue weighted by atomic mass is 9.95. The van der Waals surface area contributed by atoms with E-state index in [4.69, 9.17) is 11.6 Å². The smallest absolute Gasteiger partial charge is 0.251 e. The Hall–Kier alpha value is -2.33. The van der Waals surface area contributed by atoms with Crippen molar-refractivity contribution in [1.29, 1.82) is 0 Å². The van der Waals surface area contributed by atoms with Gasteiger partial charge in [-0.3, -0.25) is 9.59 Å². The quantitative estimate of drug-likeness (QED) is 0.792. The fourth-order valence-electron chi connectivity index (χ4n) is 2.59. The fourth-order valence-corrected chi connectivity index (χ4v) is 2.75. The van der Waals surface area contributed by atoms with E-state index in [0.29, 0.717) is 22.7 Å². The monoisotopic (exact) mass is 358 g/mol. The van der Waals surface area contributed by atoms with Gasteiger partial charge in [-0.1, -0.05) is 48.9 Å². The van der Waals surface area contributed by atoms with Gasteiger partial charge in [0.15, 0.2) is 0 Å². The summed E-state index contributed by atoms with van der Waals surface area (Å²) in [5.74, 6) is -0.611. The van der Waals surface area contributed by atoms with E-state index in [2.05, 4.69) is 10.6 Å². The van der Waals surface area contributed by atoms with Crippen LogP contribution < -0.4 is 10.6 Å². The summed E-state index contributed by atoms with van der Waals surface area (Å²) in [6, 6.07) is 14.5. The lowest BCUT2D eigenvalue weighted by Crippen LogP contribution is -2.30. The average Bonchev–Trinajstić information content (AvgIpc) is 2.58. The lowest BCUT2D eigenvalue weighted by molar-refractivity contribution is -0.117. The van der Waals surface area contributed by atoms with Gasteiger partial charge in [0.25, 0.3) is 5.91 Å². The van der Waals surface area contributed by atoms with Crippen LogP contribution >= 0.6 is 11.6 Å². The number of nitrogens with one attached hydrogen (secondary N) is 2. The molecule has 0 aromatic heterocycles. The summed E-state index contributed by atoms with van der Waals surface area (Å²) in [6.45, 7) is 5.75. The molecule has 132 valence electrons. The molecular weight excluding hydrogens is 336 g/mol. The van der Waals surface area contributed by atoms with Crippen LogP contribution in [0.4, 0.5) is 5.69 Å². The predicted octanol–water partition coefficient (Wildman–Crippen LogP) is 4.61. The number of halogens is 1. The van der Waals surface area contributed by atoms with Gasteiger partial charge in [0, 0.05) is 11.6 Å². The van der Waals surface area contributed by atoms with Crippen LogP contribution in [0.5, 0.6) is 0 Å². The van der Waals surface area contributed by atoms with Crippen molar-refractivity contribution in [3.8, 4) is 0 Å². The van der Waals surface area contributed by atoms with Gasteiger partial charge in [-0.05, 0) is 44.0 Å². The van der Waals surface area contributed by atoms with E-state index < -0.39 is 0 Å². The molecule has 0 aliphatic carbocycles. The fraction of sp³-hybridized carbons (Fsp3) is 0.300. The lowest BCUT2D eigenvalue weighted by Gasteiger charge is -2.17. The SMILES string of the molecule is CCC(C(=O)Nc1cc(C(=O)NC(C)C)ccc1Cl)c1ccccc1. The molecule has 2 N–H and O–H groups in total. The van der Waals surface area contributed by atoms with E-state index in [1.165, 1.54) is 0 Å². The molecule has 0 saturated heterocycles. The molecule has 0 saturated carbocycles. The maximum Gasteiger partial charge on any atom is 0.251 e. The van der Waals surface area contributed by atoms with Gasteiger partial charge >= 0.3 is 0 Å². The second-order valence-corrected chi connectivity index (χ2v) is 6.59. The normalized spacial score (nSPS) is 11.9. The van der Waals surface area contributed by atoms with Crippen LogP contribution in [0.2, 0.25) is 5.02 Å². The first-order valence-electron chi connectivity index (χ1n) is 8.38. The molecule has 2 amide bonds. The van der Waals surface area contributed by atoms with Gasteiger partial charge in [0.1, 0.15) is 0 Å². The Balaban J connectivity index is 2.21. The summed E-state index contributed by atoms with van der Waals surface area (Å²) in [5.41, 5.74) is 1.85. The van der Waals surface area contributed by atoms with Crippen LogP contribution in [0.25, 0.3) is 0 Å². The van der Waals surface area contributed by atoms with Crippen LogP contribution in [0.3, 0.4) is 0 Å². The number of hydrogen-bond donors (Lipinski definition) is 2. The molecule has 0 aliphatic heterocycles. The van der Waals surface area contributed by atoms with Gasteiger partial charge in [0.05, 0.1) is 16.6 Å². The Morgan fingerprint density at radius 3 is 2.36 bits per heavy atom. The van der Waals surface area contributed by atoms with E-state index in [9.17, 15) is 9.59 Å². The molecule has 0 spiro atoms. The van der Waals surface area contributed by atoms with Crippen LogP contribution in [-0.4, -0.2) is 17.9 Å². The first-order chi connectivity index (χ1) is 11.9. The number of rotatable bonds is 6. The third-order valence-corrected chi connectivity index (χ3v) is 4.16. The molecule has 2 aromatic rings. The molecule has 25 heavy (non-hydrogen) atoms. The highest BCUT2D eigenvalue weighted by Crippen LogP contribution is 2.26. The molecule has 1 unspecified atom stereocenters. The Labute approximate surface area is 153 Å². The molecule has 0 fully saturated rings. The van der Waals surface area contributed by atoms with Crippen molar-refractivity contribution in [2.75, 3.05) is 5.32 Å². The zero-order valence-electron chi connectivity index (χ0n) is 14.7. The van der Waals surface area contributed by atoms with Gasteiger partial charge in [-0.25, -0.2) is 0 Å². The Morgan fingerprint density at radius 1 is 1.08 bits per heavy atom. The Morgan fingerprint density at radius 2 is 1.76 bits per heavy atom. The zero-order chi connectivity index (χ0) is 18.4. The van der Waals surface area contributed by atoms with Crippen molar-refractivity contribution in [2.24, 2.45) is 0 Å². The summed E-state index contributed by atoms with van der Waals surface area (Å²) in [6.07, 6.45) is 0.668. The molecule has 2 aromatic carbocycles. The van der Waals surface area contributed by atoms with Gasteiger partial charge in [-0.15, -0.1) is 0 Å². The number of carbonyl (C=O) groups is 2. The standard InChI is InChI=1S/C20H23ClN2O2/c1-4-16(14-8-6-5-7-9-14)20(25)23-18-12-15(10-11-17(18)21)19(24)22-13(2)3/h5-13,16H,4H2,1-3H3,(H,22,24)(H,23,25). The van der Waals surface area contributed by atoms with Crippen LogP contribution in [0, 0.1) is 0 Å². The summed E-state index contributed by atoms with van der Waals surface area (Å²) < 4.78 is 0. The number of amides is 2. The highest BCUT2D eigenvalue weighted by atomic mass is 35.5. The van der Waals surface area contributed by atoms with E-state index in [0.717, 1.165) is 5.56 Å². The molecule has 5 heteroatoms. The zero-order valence-corrected chi connectivity index (χ0v) is 15.4. The number of hydrogen-bond acceptors (Lipinski definition) is 2. The molecule has 4 nitrogen and oxygen atoms in total. The van der Waals surface area contributed by atoms with Crippen LogP contribution in [0.1, 0.15) is 49.0 Å². The van der Waals surface area contributed by atoms with Crippen molar-refractivity contribution >= 4 is 29.1 Å². The molecule has 0 heterocycles. The Kier molecular flexibility index (Phi) is 6.59. The third kappa shape index (κ3) is 5.07. The van der Waals surface area contributed by atoms with Crippen molar-refractivity contribution in [1.82, 2.24) is 5.32 Å². The largest absolute Gasteiger partial charge is 0.350 e. The molecule has 1 atom stereocenters. The van der Waals surface area contributed by atoms with Crippen molar-refractivity contribution < 1.29 is 9.59 Å². The summed E-state index contributed by atoms with van der Waals surface area (Å²) in [4.78, 5) is 24.8. The Bertz CT molecular complexity index is 745. The van der Waals surface area contributed by atoms with E-state index in [-0.39, 0.29) is 23.8 Å². The van der Waals surface area contributed by atoms with Crippen molar-refractivity contribution in [3.63, 3.8) is 0 Å². The molecule has 0 bridgehead atoms. The molecule has 0 aliphatic rings.